The molecule has 2 heterocycles. The Labute approximate surface area is 217 Å². The average Bonchev–Trinajstić information content (AvgIpc) is 3.03. The molecule has 6 atom stereocenters. The third kappa shape index (κ3) is 6.86. The second-order valence-corrected chi connectivity index (χ2v) is 10.9. The highest BCUT2D eigenvalue weighted by atomic mass is 35.5. The molecular formula is C22H29ClFN4O8P. The van der Waals surface area contributed by atoms with E-state index in [1.54, 1.807) is 32.0 Å². The van der Waals surface area contributed by atoms with Gasteiger partial charge in [0.25, 0.3) is 0 Å². The van der Waals surface area contributed by atoms with Crippen molar-refractivity contribution in [3.8, 4) is 5.75 Å². The number of aliphatic hydroxyl groups excluding tert-OH is 1. The summed E-state index contributed by atoms with van der Waals surface area (Å²) >= 11 is 5.92. The van der Waals surface area contributed by atoms with Crippen LogP contribution < -0.4 is 21.0 Å². The zero-order chi connectivity index (χ0) is 27.5. The zero-order valence-electron chi connectivity index (χ0n) is 20.5. The number of nitrogens with one attached hydrogen (secondary N) is 1. The molecule has 3 rings (SSSR count). The lowest BCUT2D eigenvalue weighted by molar-refractivity contribution is -0.149. The van der Waals surface area contributed by atoms with E-state index < -0.39 is 62.3 Å². The van der Waals surface area contributed by atoms with Gasteiger partial charge in [0, 0.05) is 6.20 Å². The molecule has 1 unspecified atom stereocenters. The normalized spacial score (nSPS) is 26.0. The number of benzene rings is 1. The molecule has 2 aromatic rings. The number of alkyl halides is 1. The van der Waals surface area contributed by atoms with Gasteiger partial charge in [0.05, 0.1) is 17.7 Å². The summed E-state index contributed by atoms with van der Waals surface area (Å²) in [5, 5.41) is 13.0. The number of hydrogen-bond acceptors (Lipinski definition) is 10. The summed E-state index contributed by atoms with van der Waals surface area (Å²) in [6.07, 6.45) is -4.27. The van der Waals surface area contributed by atoms with Crippen molar-refractivity contribution in [2.45, 2.75) is 63.9 Å². The molecule has 0 bridgehead atoms. The highest BCUT2D eigenvalue weighted by Crippen LogP contribution is 2.47. The van der Waals surface area contributed by atoms with E-state index >= 15 is 4.39 Å². The number of aromatic nitrogens is 2. The topological polar surface area (TPSA) is 164 Å². The summed E-state index contributed by atoms with van der Waals surface area (Å²) < 4.78 is 51.6. The van der Waals surface area contributed by atoms with Crippen molar-refractivity contribution in [3.63, 3.8) is 0 Å². The van der Waals surface area contributed by atoms with Gasteiger partial charge in [0.1, 0.15) is 29.8 Å². The Kier molecular flexibility index (Phi) is 8.99. The molecule has 0 saturated carbocycles. The predicted octanol–water partition coefficient (Wildman–Crippen LogP) is 2.60. The van der Waals surface area contributed by atoms with E-state index in [0.29, 0.717) is 0 Å². The molecular weight excluding hydrogens is 534 g/mol. The smallest absolute Gasteiger partial charge is 0.459 e. The van der Waals surface area contributed by atoms with Crippen LogP contribution in [0.15, 0.2) is 41.3 Å². The quantitative estimate of drug-likeness (QED) is 0.288. The molecule has 1 saturated heterocycles. The summed E-state index contributed by atoms with van der Waals surface area (Å²) in [7, 11) is -4.31. The number of anilines is 1. The lowest BCUT2D eigenvalue weighted by atomic mass is 9.98. The molecule has 1 aliphatic heterocycles. The molecule has 1 fully saturated rings. The van der Waals surface area contributed by atoms with Crippen molar-refractivity contribution < 1.29 is 37.4 Å². The van der Waals surface area contributed by atoms with Gasteiger partial charge in [-0.3, -0.25) is 13.9 Å². The van der Waals surface area contributed by atoms with Crippen LogP contribution in [0.3, 0.4) is 0 Å². The molecule has 0 spiro atoms. The minimum atomic E-state index is -4.31. The van der Waals surface area contributed by atoms with Gasteiger partial charge in [-0.25, -0.2) is 13.8 Å². The first-order chi connectivity index (χ1) is 17.2. The third-order valence-corrected chi connectivity index (χ3v) is 7.27. The second kappa shape index (κ2) is 11.5. The fourth-order valence-corrected chi connectivity index (χ4v) is 5.13. The SMILES string of the molecule is CC(C)OC(=O)[C@@H](C)N[P@@](=O)(OC[C@H]1OC(n2cc(Cl)c(N)nc2=O)[C@](C)(F)[C@@H]1O)Oc1ccccc1. The molecule has 1 aromatic heterocycles. The minimum Gasteiger partial charge on any atom is -0.462 e. The summed E-state index contributed by atoms with van der Waals surface area (Å²) in [6, 6.07) is 6.86. The Balaban J connectivity index is 1.81. The van der Waals surface area contributed by atoms with Crippen LogP contribution in [0, 0.1) is 0 Å². The van der Waals surface area contributed by atoms with E-state index in [0.717, 1.165) is 17.7 Å². The molecule has 204 valence electrons. The molecule has 1 aliphatic rings. The lowest BCUT2D eigenvalue weighted by Crippen LogP contribution is -2.43. The van der Waals surface area contributed by atoms with Crippen LogP contribution in [0.25, 0.3) is 0 Å². The molecule has 15 heteroatoms. The van der Waals surface area contributed by atoms with Crippen molar-refractivity contribution >= 4 is 31.1 Å². The van der Waals surface area contributed by atoms with E-state index in [4.69, 9.17) is 35.9 Å². The Morgan fingerprint density at radius 1 is 1.38 bits per heavy atom. The molecule has 12 nitrogen and oxygen atoms in total. The van der Waals surface area contributed by atoms with E-state index in [-0.39, 0.29) is 16.6 Å². The van der Waals surface area contributed by atoms with Gasteiger partial charge in [-0.1, -0.05) is 29.8 Å². The largest absolute Gasteiger partial charge is 0.462 e. The summed E-state index contributed by atoms with van der Waals surface area (Å²) in [5.74, 6) is -0.814. The van der Waals surface area contributed by atoms with Gasteiger partial charge in [0.2, 0.25) is 0 Å². The molecule has 37 heavy (non-hydrogen) atoms. The maximum Gasteiger partial charge on any atom is 0.459 e. The van der Waals surface area contributed by atoms with Gasteiger partial charge < -0.3 is 24.8 Å². The molecule has 0 amide bonds. The summed E-state index contributed by atoms with van der Waals surface area (Å²) in [5.41, 5.74) is 2.05. The van der Waals surface area contributed by atoms with Gasteiger partial charge in [-0.2, -0.15) is 10.1 Å². The van der Waals surface area contributed by atoms with E-state index in [9.17, 15) is 19.3 Å². The van der Waals surface area contributed by atoms with Gasteiger partial charge >= 0.3 is 19.4 Å². The number of para-hydroxylation sites is 1. The molecule has 0 radical (unpaired) electrons. The van der Waals surface area contributed by atoms with Crippen LogP contribution in [0.5, 0.6) is 5.75 Å². The Hall–Kier alpha value is -2.54. The fraction of sp³-hybridized carbons (Fsp3) is 0.500. The first kappa shape index (κ1) is 29.0. The first-order valence-corrected chi connectivity index (χ1v) is 13.2. The Morgan fingerprint density at radius 2 is 2.03 bits per heavy atom. The Morgan fingerprint density at radius 3 is 2.65 bits per heavy atom. The van der Waals surface area contributed by atoms with Crippen LogP contribution in [0.2, 0.25) is 5.02 Å². The summed E-state index contributed by atoms with van der Waals surface area (Å²) in [6.45, 7) is 5.07. The number of ether oxygens (including phenoxy) is 2. The van der Waals surface area contributed by atoms with E-state index in [1.165, 1.54) is 19.1 Å². The molecule has 4 N–H and O–H groups in total. The predicted molar refractivity (Wildman–Crippen MR) is 132 cm³/mol. The van der Waals surface area contributed by atoms with Crippen molar-refractivity contribution in [2.24, 2.45) is 0 Å². The van der Waals surface area contributed by atoms with Crippen LogP contribution in [0.4, 0.5) is 10.2 Å². The number of esters is 1. The maximum absolute atomic E-state index is 15.6. The lowest BCUT2D eigenvalue weighted by Gasteiger charge is -2.25. The monoisotopic (exact) mass is 562 g/mol. The number of nitrogens with zero attached hydrogens (tertiary/aromatic N) is 2. The third-order valence-electron chi connectivity index (χ3n) is 5.34. The number of carbonyl (C=O) groups is 1. The van der Waals surface area contributed by atoms with Crippen LogP contribution in [-0.2, 0) is 23.4 Å². The highest BCUT2D eigenvalue weighted by molar-refractivity contribution is 7.52. The second-order valence-electron chi connectivity index (χ2n) is 8.82. The number of nitrogens with two attached hydrogens (primary N) is 1. The van der Waals surface area contributed by atoms with Gasteiger partial charge in [-0.15, -0.1) is 0 Å². The van der Waals surface area contributed by atoms with Crippen molar-refractivity contribution in [1.29, 1.82) is 0 Å². The number of nitrogen functional groups attached to an aromatic ring is 1. The van der Waals surface area contributed by atoms with Crippen LogP contribution in [0.1, 0.15) is 33.9 Å². The first-order valence-electron chi connectivity index (χ1n) is 11.3. The van der Waals surface area contributed by atoms with E-state index in [1.807, 2.05) is 0 Å². The average molecular weight is 563 g/mol. The summed E-state index contributed by atoms with van der Waals surface area (Å²) in [4.78, 5) is 28.1. The zero-order valence-corrected chi connectivity index (χ0v) is 22.2. The number of hydrogen-bond donors (Lipinski definition) is 3. The molecule has 0 aliphatic carbocycles. The van der Waals surface area contributed by atoms with Crippen LogP contribution in [-0.4, -0.2) is 57.3 Å². The highest BCUT2D eigenvalue weighted by Gasteiger charge is 2.56. The van der Waals surface area contributed by atoms with Gasteiger partial charge in [-0.05, 0) is 39.8 Å². The van der Waals surface area contributed by atoms with Crippen molar-refractivity contribution in [1.82, 2.24) is 14.6 Å². The number of rotatable bonds is 10. The van der Waals surface area contributed by atoms with Crippen molar-refractivity contribution in [2.75, 3.05) is 12.3 Å². The standard InChI is InChI=1S/C22H29ClFN4O8P/c1-12(2)34-19(30)13(3)27-37(32,36-14-8-6-5-7-9-14)33-11-16-17(29)22(4,24)20(35-16)28-10-15(23)18(25)26-21(28)31/h5-10,12-13,16-17,20,29H,11H2,1-4H3,(H,27,32)(H2,25,26,31)/t13-,16-,17-,20?,22-,37-/m1/s1. The van der Waals surface area contributed by atoms with E-state index in [2.05, 4.69) is 10.1 Å². The minimum absolute atomic E-state index is 0.125. The Bertz CT molecular complexity index is 1210. The number of carbonyl (C=O) groups excluding carboxylic acids is 1. The van der Waals surface area contributed by atoms with Gasteiger partial charge in [0.15, 0.2) is 11.9 Å². The number of halogens is 2. The fourth-order valence-electron chi connectivity index (χ4n) is 3.48. The molecule has 1 aromatic carbocycles. The van der Waals surface area contributed by atoms with Crippen molar-refractivity contribution in [3.05, 3.63) is 52.0 Å². The maximum atomic E-state index is 15.6. The van der Waals surface area contributed by atoms with Crippen LogP contribution >= 0.6 is 19.3 Å². The number of aliphatic hydroxyl groups is 1.